The maximum absolute atomic E-state index is 12.4. The number of hydrogen-bond donors (Lipinski definition) is 2. The van der Waals surface area contributed by atoms with Crippen molar-refractivity contribution in [3.05, 3.63) is 47.9 Å². The Labute approximate surface area is 165 Å². The third-order valence-corrected chi connectivity index (χ3v) is 6.06. The lowest BCUT2D eigenvalue weighted by Crippen LogP contribution is -2.46. The number of aliphatic hydroxyl groups excluding tert-OH is 1. The lowest BCUT2D eigenvalue weighted by atomic mass is 9.98. The highest BCUT2D eigenvalue weighted by Gasteiger charge is 2.31. The number of hydrogen-bond acceptors (Lipinski definition) is 7. The topological polar surface area (TPSA) is 105 Å². The van der Waals surface area contributed by atoms with Gasteiger partial charge in [0.2, 0.25) is 10.0 Å². The van der Waals surface area contributed by atoms with Crippen molar-refractivity contribution in [3.8, 4) is 0 Å². The average molecular weight is 410 g/mol. The molecule has 1 aliphatic heterocycles. The molecule has 2 aromatic rings. The number of rotatable bonds is 8. The second-order valence-corrected chi connectivity index (χ2v) is 9.10. The van der Waals surface area contributed by atoms with E-state index < -0.39 is 22.2 Å². The van der Waals surface area contributed by atoms with Gasteiger partial charge in [0.25, 0.3) is 0 Å². The Morgan fingerprint density at radius 1 is 1.25 bits per heavy atom. The van der Waals surface area contributed by atoms with Gasteiger partial charge in [0.05, 0.1) is 35.4 Å². The van der Waals surface area contributed by atoms with Crippen molar-refractivity contribution in [2.75, 3.05) is 20.6 Å². The quantitative estimate of drug-likeness (QED) is 0.674. The first-order chi connectivity index (χ1) is 13.3. The molecular formula is C19H27N3O5S. The van der Waals surface area contributed by atoms with Gasteiger partial charge in [0.15, 0.2) is 5.76 Å². The van der Waals surface area contributed by atoms with E-state index in [1.807, 2.05) is 25.1 Å². The highest BCUT2D eigenvalue weighted by Crippen LogP contribution is 2.23. The summed E-state index contributed by atoms with van der Waals surface area (Å²) in [7, 11) is 0.266. The van der Waals surface area contributed by atoms with Crippen LogP contribution < -0.4 is 4.72 Å². The van der Waals surface area contributed by atoms with E-state index in [9.17, 15) is 13.5 Å². The van der Waals surface area contributed by atoms with Crippen LogP contribution in [-0.2, 0) is 27.7 Å². The fourth-order valence-electron chi connectivity index (χ4n) is 3.23. The molecule has 2 heterocycles. The van der Waals surface area contributed by atoms with E-state index in [2.05, 4.69) is 9.88 Å². The first kappa shape index (κ1) is 20.9. The molecule has 3 atom stereocenters. The highest BCUT2D eigenvalue weighted by atomic mass is 32.2. The molecule has 0 saturated carbocycles. The first-order valence-electron chi connectivity index (χ1n) is 9.31. The molecule has 1 saturated heterocycles. The van der Waals surface area contributed by atoms with Crippen LogP contribution in [0.4, 0.5) is 0 Å². The number of aromatic nitrogens is 1. The third kappa shape index (κ3) is 5.62. The molecule has 9 heteroatoms. The van der Waals surface area contributed by atoms with Gasteiger partial charge in [-0.2, -0.15) is 0 Å². The second kappa shape index (κ2) is 9.15. The van der Waals surface area contributed by atoms with Crippen LogP contribution in [0, 0.1) is 0 Å². The monoisotopic (exact) mass is 409 g/mol. The molecule has 0 radical (unpaired) electrons. The molecule has 0 amide bonds. The third-order valence-electron chi connectivity index (χ3n) is 4.63. The van der Waals surface area contributed by atoms with Crippen molar-refractivity contribution in [1.29, 1.82) is 0 Å². The molecule has 1 aromatic carbocycles. The van der Waals surface area contributed by atoms with Crippen LogP contribution >= 0.6 is 0 Å². The highest BCUT2D eigenvalue weighted by molar-refractivity contribution is 7.89. The standard InChI is InChI=1S/C19H27N3O5S/c1-22(2)13-16-11-14(21-27-16)10-15-8-9-18(23)19(26-15)12-20-28(24,25)17-6-4-3-5-7-17/h3-7,11,15,18-20,23H,8-10,12-13H2,1-2H3/t15-,18-,19+/m0/s1. The van der Waals surface area contributed by atoms with E-state index in [1.165, 1.54) is 12.1 Å². The maximum Gasteiger partial charge on any atom is 0.240 e. The van der Waals surface area contributed by atoms with Crippen LogP contribution in [0.3, 0.4) is 0 Å². The van der Waals surface area contributed by atoms with Crippen molar-refractivity contribution in [2.45, 2.75) is 49.0 Å². The lowest BCUT2D eigenvalue weighted by Gasteiger charge is -2.33. The lowest BCUT2D eigenvalue weighted by molar-refractivity contribution is -0.113. The Bertz CT molecular complexity index is 853. The molecule has 154 valence electrons. The van der Waals surface area contributed by atoms with Crippen LogP contribution in [0.5, 0.6) is 0 Å². The van der Waals surface area contributed by atoms with Crippen molar-refractivity contribution in [2.24, 2.45) is 0 Å². The van der Waals surface area contributed by atoms with E-state index in [0.29, 0.717) is 25.8 Å². The Morgan fingerprint density at radius 3 is 2.71 bits per heavy atom. The van der Waals surface area contributed by atoms with Crippen LogP contribution in [0.1, 0.15) is 24.3 Å². The summed E-state index contributed by atoms with van der Waals surface area (Å²) in [4.78, 5) is 2.18. The largest absolute Gasteiger partial charge is 0.390 e. The molecule has 2 N–H and O–H groups in total. The summed E-state index contributed by atoms with van der Waals surface area (Å²) >= 11 is 0. The smallest absolute Gasteiger partial charge is 0.240 e. The molecule has 0 spiro atoms. The van der Waals surface area contributed by atoms with Gasteiger partial charge in [0, 0.05) is 19.0 Å². The van der Waals surface area contributed by atoms with Gasteiger partial charge in [-0.3, -0.25) is 0 Å². The van der Waals surface area contributed by atoms with Crippen LogP contribution in [-0.4, -0.2) is 62.5 Å². The van der Waals surface area contributed by atoms with E-state index in [1.54, 1.807) is 18.2 Å². The molecule has 0 aliphatic carbocycles. The van der Waals surface area contributed by atoms with Crippen molar-refractivity contribution >= 4 is 10.0 Å². The fraction of sp³-hybridized carbons (Fsp3) is 0.526. The zero-order valence-corrected chi connectivity index (χ0v) is 16.9. The minimum Gasteiger partial charge on any atom is -0.390 e. The molecule has 1 aromatic heterocycles. The fourth-order valence-corrected chi connectivity index (χ4v) is 4.29. The predicted octanol–water partition coefficient (Wildman–Crippen LogP) is 1.17. The minimum absolute atomic E-state index is 0.0135. The van der Waals surface area contributed by atoms with E-state index in [4.69, 9.17) is 9.26 Å². The zero-order chi connectivity index (χ0) is 20.1. The van der Waals surface area contributed by atoms with Crippen molar-refractivity contribution < 1.29 is 22.8 Å². The maximum atomic E-state index is 12.4. The van der Waals surface area contributed by atoms with E-state index in [0.717, 1.165) is 11.5 Å². The Balaban J connectivity index is 1.56. The summed E-state index contributed by atoms with van der Waals surface area (Å²) in [6.07, 6.45) is 0.323. The summed E-state index contributed by atoms with van der Waals surface area (Å²) in [5, 5.41) is 14.3. The number of aliphatic hydroxyl groups is 1. The van der Waals surface area contributed by atoms with Gasteiger partial charge in [-0.15, -0.1) is 0 Å². The van der Waals surface area contributed by atoms with E-state index >= 15 is 0 Å². The number of nitrogens with one attached hydrogen (secondary N) is 1. The SMILES string of the molecule is CN(C)Cc1cc(C[C@@H]2CC[C@H](O)[C@@H](CNS(=O)(=O)c3ccccc3)O2)no1. The zero-order valence-electron chi connectivity index (χ0n) is 16.1. The molecular weight excluding hydrogens is 382 g/mol. The Kier molecular flexibility index (Phi) is 6.84. The van der Waals surface area contributed by atoms with Crippen LogP contribution in [0.2, 0.25) is 0 Å². The first-order valence-corrected chi connectivity index (χ1v) is 10.8. The minimum atomic E-state index is -3.64. The van der Waals surface area contributed by atoms with Gasteiger partial charge in [-0.1, -0.05) is 23.4 Å². The summed E-state index contributed by atoms with van der Waals surface area (Å²) in [6.45, 7) is 0.681. The van der Waals surface area contributed by atoms with Crippen molar-refractivity contribution in [1.82, 2.24) is 14.8 Å². The molecule has 1 aliphatic rings. The number of benzene rings is 1. The van der Waals surface area contributed by atoms with Gasteiger partial charge >= 0.3 is 0 Å². The molecule has 3 rings (SSSR count). The van der Waals surface area contributed by atoms with Crippen molar-refractivity contribution in [3.63, 3.8) is 0 Å². The van der Waals surface area contributed by atoms with Gasteiger partial charge in [-0.05, 0) is 39.1 Å². The summed E-state index contributed by atoms with van der Waals surface area (Å²) in [5.41, 5.74) is 0.793. The predicted molar refractivity (Wildman–Crippen MR) is 103 cm³/mol. The summed E-state index contributed by atoms with van der Waals surface area (Å²) in [6, 6.07) is 10.0. The summed E-state index contributed by atoms with van der Waals surface area (Å²) < 4.78 is 38.5. The number of ether oxygens (including phenoxy) is 1. The number of sulfonamides is 1. The molecule has 28 heavy (non-hydrogen) atoms. The van der Waals surface area contributed by atoms with Gasteiger partial charge in [0.1, 0.15) is 0 Å². The Hall–Kier alpha value is -1.78. The van der Waals surface area contributed by atoms with Crippen LogP contribution in [0.15, 0.2) is 45.8 Å². The molecule has 8 nitrogen and oxygen atoms in total. The molecule has 0 unspecified atom stereocenters. The van der Waals surface area contributed by atoms with E-state index in [-0.39, 0.29) is 17.5 Å². The number of nitrogens with zero attached hydrogens (tertiary/aromatic N) is 2. The summed E-state index contributed by atoms with van der Waals surface area (Å²) in [5.74, 6) is 0.781. The second-order valence-electron chi connectivity index (χ2n) is 7.33. The van der Waals surface area contributed by atoms with Crippen LogP contribution in [0.25, 0.3) is 0 Å². The molecule has 1 fully saturated rings. The average Bonchev–Trinajstić information content (AvgIpc) is 3.09. The molecule has 0 bridgehead atoms. The van der Waals surface area contributed by atoms with Gasteiger partial charge < -0.3 is 19.3 Å². The van der Waals surface area contributed by atoms with Gasteiger partial charge in [-0.25, -0.2) is 13.1 Å². The Morgan fingerprint density at radius 2 is 2.00 bits per heavy atom. The normalized spacial score (nSPS) is 23.2.